The Morgan fingerprint density at radius 3 is 3.11 bits per heavy atom. The first kappa shape index (κ1) is 11.4. The minimum Gasteiger partial charge on any atom is -0.309 e. The summed E-state index contributed by atoms with van der Waals surface area (Å²) in [7, 11) is 0. The van der Waals surface area contributed by atoms with Gasteiger partial charge < -0.3 is 5.32 Å². The first-order chi connectivity index (χ1) is 8.86. The number of aryl methyl sites for hydroxylation is 1. The lowest BCUT2D eigenvalue weighted by Crippen LogP contribution is -2.28. The van der Waals surface area contributed by atoms with Crippen molar-refractivity contribution in [1.82, 2.24) is 19.9 Å². The molecular formula is C14H18N4. The van der Waals surface area contributed by atoms with Crippen LogP contribution in [0.5, 0.6) is 0 Å². The zero-order chi connectivity index (χ0) is 12.4. The maximum absolute atomic E-state index is 4.35. The first-order valence-electron chi connectivity index (χ1n) is 6.54. The predicted molar refractivity (Wildman–Crippen MR) is 70.7 cm³/mol. The molecule has 1 fully saturated rings. The Hall–Kier alpha value is -1.68. The van der Waals surface area contributed by atoms with Gasteiger partial charge in [0, 0.05) is 12.2 Å². The fourth-order valence-corrected chi connectivity index (χ4v) is 2.60. The lowest BCUT2D eigenvalue weighted by molar-refractivity contribution is 0.401. The summed E-state index contributed by atoms with van der Waals surface area (Å²) in [5, 5.41) is 3.57. The number of pyridine rings is 1. The Kier molecular flexibility index (Phi) is 3.11. The summed E-state index contributed by atoms with van der Waals surface area (Å²) >= 11 is 0. The van der Waals surface area contributed by atoms with Crippen LogP contribution in [0, 0.1) is 6.92 Å². The summed E-state index contributed by atoms with van der Waals surface area (Å²) in [4.78, 5) is 8.66. The average Bonchev–Trinajstić information content (AvgIpc) is 2.89. The highest BCUT2D eigenvalue weighted by Gasteiger charge is 2.19. The van der Waals surface area contributed by atoms with Crippen LogP contribution in [-0.2, 0) is 0 Å². The van der Waals surface area contributed by atoms with Crippen molar-refractivity contribution < 1.29 is 0 Å². The monoisotopic (exact) mass is 242 g/mol. The normalized spacial score (nSPS) is 19.9. The van der Waals surface area contributed by atoms with Crippen molar-refractivity contribution in [2.24, 2.45) is 0 Å². The van der Waals surface area contributed by atoms with E-state index < -0.39 is 0 Å². The van der Waals surface area contributed by atoms with Crippen molar-refractivity contribution in [1.29, 1.82) is 0 Å². The molecule has 1 atom stereocenters. The van der Waals surface area contributed by atoms with Crippen LogP contribution in [0.25, 0.3) is 5.69 Å². The molecule has 2 aromatic heterocycles. The molecule has 1 unspecified atom stereocenters. The van der Waals surface area contributed by atoms with Gasteiger partial charge in [0.1, 0.15) is 0 Å². The van der Waals surface area contributed by atoms with Crippen LogP contribution in [0.1, 0.15) is 36.7 Å². The van der Waals surface area contributed by atoms with Crippen LogP contribution in [-0.4, -0.2) is 21.1 Å². The van der Waals surface area contributed by atoms with Crippen molar-refractivity contribution in [3.63, 3.8) is 0 Å². The lowest BCUT2D eigenvalue weighted by atomic mass is 10.0. The summed E-state index contributed by atoms with van der Waals surface area (Å²) < 4.78 is 2.16. The highest BCUT2D eigenvalue weighted by atomic mass is 15.1. The van der Waals surface area contributed by atoms with E-state index in [1.807, 2.05) is 31.7 Å². The average molecular weight is 242 g/mol. The molecule has 0 aromatic carbocycles. The molecule has 0 aliphatic carbocycles. The van der Waals surface area contributed by atoms with E-state index in [4.69, 9.17) is 0 Å². The van der Waals surface area contributed by atoms with Gasteiger partial charge in [-0.25, -0.2) is 4.98 Å². The highest BCUT2D eigenvalue weighted by Crippen LogP contribution is 2.25. The van der Waals surface area contributed by atoms with E-state index in [2.05, 4.69) is 25.9 Å². The molecule has 1 saturated heterocycles. The van der Waals surface area contributed by atoms with Crippen molar-refractivity contribution in [3.8, 4) is 5.69 Å². The fraction of sp³-hybridized carbons (Fsp3) is 0.429. The molecule has 3 rings (SSSR count). The van der Waals surface area contributed by atoms with Crippen molar-refractivity contribution in [3.05, 3.63) is 42.2 Å². The van der Waals surface area contributed by atoms with E-state index in [1.54, 1.807) is 0 Å². The third-order valence-electron chi connectivity index (χ3n) is 3.57. The Morgan fingerprint density at radius 2 is 2.33 bits per heavy atom. The van der Waals surface area contributed by atoms with Crippen molar-refractivity contribution in [2.75, 3.05) is 6.54 Å². The SMILES string of the molecule is Cc1ncccc1-n1cncc1C1CCCCN1. The van der Waals surface area contributed by atoms with Gasteiger partial charge >= 0.3 is 0 Å². The molecule has 0 radical (unpaired) electrons. The second kappa shape index (κ2) is 4.90. The quantitative estimate of drug-likeness (QED) is 0.879. The van der Waals surface area contributed by atoms with Crippen molar-refractivity contribution >= 4 is 0 Å². The second-order valence-corrected chi connectivity index (χ2v) is 4.80. The van der Waals surface area contributed by atoms with Gasteiger partial charge in [0.05, 0.1) is 29.6 Å². The number of imidazole rings is 1. The maximum atomic E-state index is 4.35. The molecule has 3 heterocycles. The van der Waals surface area contributed by atoms with E-state index >= 15 is 0 Å². The summed E-state index contributed by atoms with van der Waals surface area (Å²) in [5.74, 6) is 0. The van der Waals surface area contributed by atoms with E-state index in [-0.39, 0.29) is 0 Å². The summed E-state index contributed by atoms with van der Waals surface area (Å²) in [5.41, 5.74) is 3.40. The van der Waals surface area contributed by atoms with Crippen molar-refractivity contribution in [2.45, 2.75) is 32.2 Å². The van der Waals surface area contributed by atoms with Gasteiger partial charge in [-0.3, -0.25) is 9.55 Å². The molecule has 0 amide bonds. The third kappa shape index (κ3) is 2.04. The Morgan fingerprint density at radius 1 is 1.39 bits per heavy atom. The van der Waals surface area contributed by atoms with Crippen LogP contribution in [0.4, 0.5) is 0 Å². The Labute approximate surface area is 107 Å². The van der Waals surface area contributed by atoms with Crippen LogP contribution in [0.15, 0.2) is 30.9 Å². The number of hydrogen-bond donors (Lipinski definition) is 1. The molecule has 2 aromatic rings. The minimum absolute atomic E-state index is 0.417. The third-order valence-corrected chi connectivity index (χ3v) is 3.57. The molecule has 4 nitrogen and oxygen atoms in total. The fourth-order valence-electron chi connectivity index (χ4n) is 2.60. The summed E-state index contributed by atoms with van der Waals surface area (Å²) in [6, 6.07) is 4.48. The topological polar surface area (TPSA) is 42.7 Å². The van der Waals surface area contributed by atoms with E-state index in [1.165, 1.54) is 25.0 Å². The molecule has 0 bridgehead atoms. The van der Waals surface area contributed by atoms with Gasteiger partial charge in [-0.15, -0.1) is 0 Å². The van der Waals surface area contributed by atoms with E-state index in [9.17, 15) is 0 Å². The van der Waals surface area contributed by atoms with Gasteiger partial charge in [-0.2, -0.15) is 0 Å². The summed E-state index contributed by atoms with van der Waals surface area (Å²) in [6.45, 7) is 3.13. The smallest absolute Gasteiger partial charge is 0.0995 e. The Bertz CT molecular complexity index is 526. The number of nitrogens with one attached hydrogen (secondary N) is 1. The minimum atomic E-state index is 0.417. The molecular weight excluding hydrogens is 224 g/mol. The molecule has 1 aliphatic heterocycles. The number of nitrogens with zero attached hydrogens (tertiary/aromatic N) is 3. The number of hydrogen-bond acceptors (Lipinski definition) is 3. The van der Waals surface area contributed by atoms with Gasteiger partial charge in [0.15, 0.2) is 0 Å². The van der Waals surface area contributed by atoms with E-state index in [0.717, 1.165) is 17.9 Å². The van der Waals surface area contributed by atoms with Crippen LogP contribution in [0.3, 0.4) is 0 Å². The predicted octanol–water partition coefficient (Wildman–Crippen LogP) is 2.39. The molecule has 1 N–H and O–H groups in total. The van der Waals surface area contributed by atoms with Crippen LogP contribution in [0.2, 0.25) is 0 Å². The van der Waals surface area contributed by atoms with Gasteiger partial charge in [-0.1, -0.05) is 6.42 Å². The number of piperidine rings is 1. The van der Waals surface area contributed by atoms with Gasteiger partial charge in [0.25, 0.3) is 0 Å². The molecule has 1 aliphatic rings. The zero-order valence-corrected chi connectivity index (χ0v) is 10.6. The molecule has 0 saturated carbocycles. The molecule has 4 heteroatoms. The van der Waals surface area contributed by atoms with Gasteiger partial charge in [0.2, 0.25) is 0 Å². The van der Waals surface area contributed by atoms with Gasteiger partial charge in [-0.05, 0) is 38.4 Å². The molecule has 94 valence electrons. The number of rotatable bonds is 2. The molecule has 0 spiro atoms. The maximum Gasteiger partial charge on any atom is 0.0995 e. The second-order valence-electron chi connectivity index (χ2n) is 4.80. The van der Waals surface area contributed by atoms with E-state index in [0.29, 0.717) is 6.04 Å². The first-order valence-corrected chi connectivity index (χ1v) is 6.54. The highest BCUT2D eigenvalue weighted by molar-refractivity contribution is 5.37. The summed E-state index contributed by atoms with van der Waals surface area (Å²) in [6.07, 6.45) is 9.43. The lowest BCUT2D eigenvalue weighted by Gasteiger charge is -2.24. The zero-order valence-electron chi connectivity index (χ0n) is 10.6. The van der Waals surface area contributed by atoms with Crippen LogP contribution >= 0.6 is 0 Å². The van der Waals surface area contributed by atoms with Crippen LogP contribution < -0.4 is 5.32 Å². The Balaban J connectivity index is 1.98. The standard InChI is InChI=1S/C14H18N4/c1-11-13(6-4-8-16-11)18-10-15-9-14(18)12-5-2-3-7-17-12/h4,6,8-10,12,17H,2-3,5,7H2,1H3. The number of aromatic nitrogens is 3. The molecule has 18 heavy (non-hydrogen) atoms. The largest absolute Gasteiger partial charge is 0.309 e.